The quantitative estimate of drug-likeness (QED) is 0.154. The molecule has 0 fully saturated rings. The summed E-state index contributed by atoms with van der Waals surface area (Å²) >= 11 is 1.89. The van der Waals surface area contributed by atoms with Gasteiger partial charge in [-0.2, -0.15) is 0 Å². The minimum absolute atomic E-state index is 0.401. The number of anilines is 3. The Hall–Kier alpha value is -8.04. The summed E-state index contributed by atoms with van der Waals surface area (Å²) in [5.41, 5.74) is 21.4. The molecule has 0 bridgehead atoms. The molecule has 0 atom stereocenters. The molecule has 0 aliphatic heterocycles. The van der Waals surface area contributed by atoms with E-state index in [1.54, 1.807) is 0 Å². The van der Waals surface area contributed by atoms with Gasteiger partial charge in [-0.3, -0.25) is 0 Å². The molecular formula is C69H51NS. The largest absolute Gasteiger partial charge is 0.309 e. The zero-order valence-electron chi connectivity index (χ0n) is 40.4. The van der Waals surface area contributed by atoms with Gasteiger partial charge in [0.25, 0.3) is 0 Å². The normalized spacial score (nSPS) is 13.2. The number of hydrogen-bond donors (Lipinski definition) is 0. The lowest BCUT2D eigenvalue weighted by Crippen LogP contribution is -2.26. The first-order valence-corrected chi connectivity index (χ1v) is 26.0. The number of thiophene rings is 1. The Kier molecular flexibility index (Phi) is 9.44. The SMILES string of the molecule is CC(C)c1ccc2c(c1)C1(c3ccccc3-c3ccc(N(c4ccc(-c5ccc6cc(-c7ccc8ccccc8c7)ccc6c5)cc4)c4cccc5c4sc4ccccc45)cc31)c1cc(C(C)C)ccc1-2. The van der Waals surface area contributed by atoms with Crippen molar-refractivity contribution in [1.29, 1.82) is 0 Å². The van der Waals surface area contributed by atoms with Crippen LogP contribution in [0.25, 0.3) is 86.2 Å². The second-order valence-electron chi connectivity index (χ2n) is 20.4. The van der Waals surface area contributed by atoms with Crippen LogP contribution in [0.3, 0.4) is 0 Å². The summed E-state index contributed by atoms with van der Waals surface area (Å²) in [6.45, 7) is 9.29. The molecule has 14 rings (SSSR count). The molecule has 2 aliphatic carbocycles. The Labute approximate surface area is 420 Å². The summed E-state index contributed by atoms with van der Waals surface area (Å²) in [6, 6.07) is 85.3. The molecular weight excluding hydrogens is 875 g/mol. The molecule has 1 nitrogen and oxygen atoms in total. The van der Waals surface area contributed by atoms with Crippen molar-refractivity contribution in [2.24, 2.45) is 0 Å². The first-order valence-electron chi connectivity index (χ1n) is 25.2. The highest BCUT2D eigenvalue weighted by molar-refractivity contribution is 7.26. The summed E-state index contributed by atoms with van der Waals surface area (Å²) in [5.74, 6) is 0.803. The van der Waals surface area contributed by atoms with E-state index in [9.17, 15) is 0 Å². The van der Waals surface area contributed by atoms with Gasteiger partial charge >= 0.3 is 0 Å². The summed E-state index contributed by atoms with van der Waals surface area (Å²) < 4.78 is 2.59. The van der Waals surface area contributed by atoms with Crippen molar-refractivity contribution >= 4 is 70.1 Å². The van der Waals surface area contributed by atoms with Crippen LogP contribution in [-0.2, 0) is 5.41 Å². The average molecular weight is 926 g/mol. The fraction of sp³-hybridized carbons (Fsp3) is 0.101. The van der Waals surface area contributed by atoms with Crippen molar-refractivity contribution in [2.45, 2.75) is 44.9 Å². The van der Waals surface area contributed by atoms with E-state index in [-0.39, 0.29) is 0 Å². The maximum absolute atomic E-state index is 2.55. The zero-order chi connectivity index (χ0) is 47.5. The van der Waals surface area contributed by atoms with Gasteiger partial charge in [0.15, 0.2) is 0 Å². The van der Waals surface area contributed by atoms with Crippen LogP contribution in [0.4, 0.5) is 17.1 Å². The third-order valence-electron chi connectivity index (χ3n) is 15.8. The van der Waals surface area contributed by atoms with Gasteiger partial charge in [-0.1, -0.05) is 198 Å². The predicted octanol–water partition coefficient (Wildman–Crippen LogP) is 19.8. The van der Waals surface area contributed by atoms with Crippen LogP contribution in [0.2, 0.25) is 0 Å². The van der Waals surface area contributed by atoms with Crippen molar-refractivity contribution in [2.75, 3.05) is 4.90 Å². The first kappa shape index (κ1) is 41.9. The third-order valence-corrected chi connectivity index (χ3v) is 17.0. The van der Waals surface area contributed by atoms with E-state index in [0.29, 0.717) is 11.8 Å². The number of nitrogens with zero attached hydrogens (tertiary/aromatic N) is 1. The second kappa shape index (κ2) is 16.0. The van der Waals surface area contributed by atoms with Crippen LogP contribution in [0, 0.1) is 0 Å². The standard InChI is InChI=1S/C69H51NS/c1-42(2)46-28-33-57-58-34-29-47(43(3)4)40-64(58)69(63(57)39-46)62-17-9-7-14-56(62)59-35-32-55(41-65(59)69)70(66-18-11-16-61-60-15-8-10-19-67(60)71-68(61)66)54-30-26-45(27-31-54)49-22-23-52-38-53(25-24-51(52)37-49)50-21-20-44-12-5-6-13-48(44)36-50/h5-43H,1-4H3. The Balaban J connectivity index is 0.936. The van der Waals surface area contributed by atoms with Gasteiger partial charge in [0.2, 0.25) is 0 Å². The Bertz CT molecular complexity index is 4070. The topological polar surface area (TPSA) is 3.24 Å². The number of hydrogen-bond acceptors (Lipinski definition) is 2. The van der Waals surface area contributed by atoms with E-state index in [1.165, 1.54) is 125 Å². The monoisotopic (exact) mass is 925 g/mol. The van der Waals surface area contributed by atoms with Gasteiger partial charge in [-0.05, 0) is 166 Å². The fourth-order valence-corrected chi connectivity index (χ4v) is 13.4. The molecule has 12 aromatic rings. The maximum atomic E-state index is 2.55. The Morgan fingerprint density at radius 1 is 0.352 bits per heavy atom. The second-order valence-corrected chi connectivity index (χ2v) is 21.5. The molecule has 71 heavy (non-hydrogen) atoms. The molecule has 0 unspecified atom stereocenters. The minimum atomic E-state index is -0.478. The smallest absolute Gasteiger partial charge is 0.0726 e. The molecule has 0 amide bonds. The van der Waals surface area contributed by atoms with Crippen molar-refractivity contribution in [1.82, 2.24) is 0 Å². The van der Waals surface area contributed by atoms with Crippen molar-refractivity contribution in [3.05, 3.63) is 258 Å². The van der Waals surface area contributed by atoms with Gasteiger partial charge in [0.1, 0.15) is 0 Å². The van der Waals surface area contributed by atoms with Crippen LogP contribution >= 0.6 is 11.3 Å². The molecule has 2 aliphatic rings. The van der Waals surface area contributed by atoms with E-state index in [1.807, 2.05) is 11.3 Å². The van der Waals surface area contributed by atoms with E-state index >= 15 is 0 Å². The fourth-order valence-electron chi connectivity index (χ4n) is 12.2. The summed E-state index contributed by atoms with van der Waals surface area (Å²) in [7, 11) is 0. The highest BCUT2D eigenvalue weighted by atomic mass is 32.1. The van der Waals surface area contributed by atoms with Crippen LogP contribution in [-0.4, -0.2) is 0 Å². The first-order chi connectivity index (χ1) is 34.8. The Morgan fingerprint density at radius 2 is 0.845 bits per heavy atom. The maximum Gasteiger partial charge on any atom is 0.0726 e. The molecule has 0 saturated heterocycles. The van der Waals surface area contributed by atoms with E-state index in [2.05, 4.69) is 257 Å². The van der Waals surface area contributed by atoms with Crippen LogP contribution in [0.1, 0.15) is 72.9 Å². The van der Waals surface area contributed by atoms with Gasteiger partial charge in [-0.25, -0.2) is 0 Å². The lowest BCUT2D eigenvalue weighted by molar-refractivity contribution is 0.777. The lowest BCUT2D eigenvalue weighted by Gasteiger charge is -2.33. The molecule has 1 aromatic heterocycles. The number of rotatable bonds is 7. The zero-order valence-corrected chi connectivity index (χ0v) is 41.2. The van der Waals surface area contributed by atoms with Crippen molar-refractivity contribution < 1.29 is 0 Å². The van der Waals surface area contributed by atoms with Gasteiger partial charge in [-0.15, -0.1) is 11.3 Å². The van der Waals surface area contributed by atoms with E-state index < -0.39 is 5.41 Å². The lowest BCUT2D eigenvalue weighted by atomic mass is 9.69. The van der Waals surface area contributed by atoms with E-state index in [4.69, 9.17) is 0 Å². The van der Waals surface area contributed by atoms with Gasteiger partial charge < -0.3 is 4.90 Å². The number of fused-ring (bicyclic) bond motifs is 15. The van der Waals surface area contributed by atoms with Crippen molar-refractivity contribution in [3.63, 3.8) is 0 Å². The molecule has 11 aromatic carbocycles. The average Bonchev–Trinajstić information content (AvgIpc) is 4.06. The molecule has 2 heteroatoms. The Morgan fingerprint density at radius 3 is 1.52 bits per heavy atom. The van der Waals surface area contributed by atoms with E-state index in [0.717, 1.165) is 11.4 Å². The molecule has 0 radical (unpaired) electrons. The molecule has 338 valence electrons. The third kappa shape index (κ3) is 6.37. The minimum Gasteiger partial charge on any atom is -0.309 e. The molecule has 0 N–H and O–H groups in total. The van der Waals surface area contributed by atoms with Gasteiger partial charge in [0.05, 0.1) is 15.8 Å². The summed E-state index contributed by atoms with van der Waals surface area (Å²) in [4.78, 5) is 2.53. The molecule has 0 saturated carbocycles. The summed E-state index contributed by atoms with van der Waals surface area (Å²) in [5, 5.41) is 7.59. The highest BCUT2D eigenvalue weighted by Gasteiger charge is 2.52. The van der Waals surface area contributed by atoms with Crippen LogP contribution < -0.4 is 4.90 Å². The predicted molar refractivity (Wildman–Crippen MR) is 304 cm³/mol. The van der Waals surface area contributed by atoms with Crippen LogP contribution in [0.5, 0.6) is 0 Å². The molecule has 1 heterocycles. The number of benzene rings is 11. The van der Waals surface area contributed by atoms with Crippen molar-refractivity contribution in [3.8, 4) is 44.5 Å². The van der Waals surface area contributed by atoms with Gasteiger partial charge in [0, 0.05) is 26.8 Å². The molecule has 1 spiro atoms. The highest BCUT2D eigenvalue weighted by Crippen LogP contribution is 2.64. The summed E-state index contributed by atoms with van der Waals surface area (Å²) in [6.07, 6.45) is 0. The van der Waals surface area contributed by atoms with Crippen LogP contribution in [0.15, 0.2) is 224 Å².